The third-order valence-corrected chi connectivity index (χ3v) is 11.3. The number of aliphatic hydroxyl groups is 4. The predicted octanol–water partition coefficient (Wildman–Crippen LogP) is 6.39. The van der Waals surface area contributed by atoms with Crippen LogP contribution in [0.5, 0.6) is 0 Å². The quantitative estimate of drug-likeness (QED) is 0.110. The highest BCUT2D eigenvalue weighted by atomic mass is 16.6. The molecule has 0 amide bonds. The first-order valence-electron chi connectivity index (χ1n) is 20.8. The van der Waals surface area contributed by atoms with Gasteiger partial charge in [-0.15, -0.1) is 0 Å². The molecule has 0 unspecified atom stereocenters. The van der Waals surface area contributed by atoms with Crippen LogP contribution in [-0.2, 0) is 28.5 Å². The Kier molecular flexibility index (Phi) is 19.4. The lowest BCUT2D eigenvalue weighted by atomic mass is 9.85. The fourth-order valence-electron chi connectivity index (χ4n) is 7.69. The van der Waals surface area contributed by atoms with Gasteiger partial charge in [-0.25, -0.2) is 4.79 Å². The Morgan fingerprint density at radius 3 is 2.32 bits per heavy atom. The Bertz CT molecular complexity index is 1510. The Morgan fingerprint density at radius 2 is 1.53 bits per heavy atom. The van der Waals surface area contributed by atoms with Gasteiger partial charge in [-0.3, -0.25) is 4.79 Å². The second-order valence-corrected chi connectivity index (χ2v) is 16.1. The molecule has 2 saturated heterocycles. The molecule has 316 valence electrons. The maximum Gasteiger partial charge on any atom is 0.331 e. The molecule has 0 aliphatic carbocycles. The molecule has 5 rings (SSSR count). The van der Waals surface area contributed by atoms with Gasteiger partial charge in [0, 0.05) is 37.2 Å². The lowest BCUT2D eigenvalue weighted by molar-refractivity contribution is -0.175. The smallest absolute Gasteiger partial charge is 0.331 e. The number of carbonyl (C=O) groups is 2. The van der Waals surface area contributed by atoms with E-state index in [4.69, 9.17) is 24.1 Å². The molecule has 0 spiro atoms. The number of fused-ring (bicyclic) bond motifs is 12. The van der Waals surface area contributed by atoms with Crippen LogP contribution in [0.1, 0.15) is 91.9 Å². The monoisotopic (exact) mass is 794 g/mol. The van der Waals surface area contributed by atoms with E-state index < -0.39 is 54.7 Å². The highest BCUT2D eigenvalue weighted by molar-refractivity contribution is 5.82. The van der Waals surface area contributed by atoms with Crippen molar-refractivity contribution in [3.8, 4) is 0 Å². The van der Waals surface area contributed by atoms with Gasteiger partial charge in [0.25, 0.3) is 0 Å². The van der Waals surface area contributed by atoms with Crippen LogP contribution in [0.15, 0.2) is 96.7 Å². The Hall–Kier alpha value is -3.42. The SMILES string of the molecule is C/C(=C\[C@H](C)CCCCC(=O)O)[C@H]1O[C@@H]2C=C[C@H]1OC(=O)\C=C/C=C\C=C\[C@H]1C[C@@H](O)[C@@H](C)[C@H](/C=C/C[C@H]3O[C@H](C[C@H](O)[C@H]3C)[C@@H](O)[C@H](O)/C=C/CC/C=C/C2)O1. The van der Waals surface area contributed by atoms with Gasteiger partial charge in [0.1, 0.15) is 18.3 Å². The molecule has 11 heteroatoms. The number of unbranched alkanes of at least 4 members (excludes halogenated alkanes) is 1. The normalized spacial score (nSPS) is 40.2. The van der Waals surface area contributed by atoms with Crippen molar-refractivity contribution in [3.63, 3.8) is 0 Å². The van der Waals surface area contributed by atoms with Crippen molar-refractivity contribution in [1.82, 2.24) is 0 Å². The topological polar surface area (TPSA) is 172 Å². The van der Waals surface area contributed by atoms with Crippen LogP contribution in [0.4, 0.5) is 0 Å². The zero-order chi connectivity index (χ0) is 41.3. The van der Waals surface area contributed by atoms with Gasteiger partial charge in [-0.1, -0.05) is 106 Å². The zero-order valence-electron chi connectivity index (χ0n) is 34.0. The highest BCUT2D eigenvalue weighted by Crippen LogP contribution is 2.32. The lowest BCUT2D eigenvalue weighted by Gasteiger charge is -2.40. The second kappa shape index (κ2) is 23.9. The number of allylic oxidation sites excluding steroid dienone is 7. The third kappa shape index (κ3) is 15.4. The molecule has 5 N–H and O–H groups in total. The molecule has 2 fully saturated rings. The van der Waals surface area contributed by atoms with Crippen LogP contribution in [0.25, 0.3) is 0 Å². The molecular formula is C46H66O11. The summed E-state index contributed by atoms with van der Waals surface area (Å²) in [4.78, 5) is 23.9. The van der Waals surface area contributed by atoms with E-state index in [0.29, 0.717) is 38.5 Å². The number of hydrogen-bond donors (Lipinski definition) is 5. The molecule has 57 heavy (non-hydrogen) atoms. The molecule has 5 heterocycles. The second-order valence-electron chi connectivity index (χ2n) is 16.1. The Labute approximate surface area is 338 Å². The molecule has 0 radical (unpaired) electrons. The molecule has 0 saturated carbocycles. The number of ether oxygens (including phenoxy) is 4. The third-order valence-electron chi connectivity index (χ3n) is 11.3. The summed E-state index contributed by atoms with van der Waals surface area (Å²) in [6.45, 7) is 7.91. The van der Waals surface area contributed by atoms with E-state index in [1.807, 2.05) is 75.5 Å². The molecule has 6 bridgehead atoms. The van der Waals surface area contributed by atoms with E-state index in [1.54, 1.807) is 24.3 Å². The summed E-state index contributed by atoms with van der Waals surface area (Å²) in [6.07, 6.45) is 26.1. The number of aliphatic hydroxyl groups excluding tert-OH is 4. The lowest BCUT2D eigenvalue weighted by Crippen LogP contribution is -2.50. The Morgan fingerprint density at radius 1 is 0.772 bits per heavy atom. The number of hydrogen-bond acceptors (Lipinski definition) is 10. The van der Waals surface area contributed by atoms with Crippen molar-refractivity contribution in [2.24, 2.45) is 17.8 Å². The maximum absolute atomic E-state index is 12.9. The molecule has 5 aliphatic rings. The molecule has 14 atom stereocenters. The van der Waals surface area contributed by atoms with E-state index >= 15 is 0 Å². The molecular weight excluding hydrogens is 728 g/mol. The van der Waals surface area contributed by atoms with Crippen LogP contribution in [0.2, 0.25) is 0 Å². The molecule has 0 aromatic rings. The Balaban J connectivity index is 1.50. The summed E-state index contributed by atoms with van der Waals surface area (Å²) < 4.78 is 24.9. The average molecular weight is 795 g/mol. The van der Waals surface area contributed by atoms with Crippen molar-refractivity contribution in [2.45, 2.75) is 159 Å². The summed E-state index contributed by atoms with van der Waals surface area (Å²) in [6, 6.07) is 0. The number of carbonyl (C=O) groups excluding carboxylic acids is 1. The molecule has 11 nitrogen and oxygen atoms in total. The van der Waals surface area contributed by atoms with Gasteiger partial charge in [-0.05, 0) is 63.0 Å². The number of carboxylic acids is 1. The minimum absolute atomic E-state index is 0.139. The van der Waals surface area contributed by atoms with Crippen LogP contribution < -0.4 is 0 Å². The maximum atomic E-state index is 12.9. The van der Waals surface area contributed by atoms with Crippen LogP contribution >= 0.6 is 0 Å². The van der Waals surface area contributed by atoms with Gasteiger partial charge in [0.15, 0.2) is 6.10 Å². The number of carboxylic acid groups (broad SMARTS) is 1. The fraction of sp³-hybridized carbons (Fsp3) is 0.609. The van der Waals surface area contributed by atoms with Gasteiger partial charge in [0.05, 0.1) is 42.7 Å². The zero-order valence-corrected chi connectivity index (χ0v) is 34.0. The van der Waals surface area contributed by atoms with E-state index in [2.05, 4.69) is 13.0 Å². The minimum Gasteiger partial charge on any atom is -0.481 e. The standard InChI is InChI=1S/C46H66O11/c1-30(17-14-15-23-43(50)51)27-31(2)46-41-26-25-34(55-46)18-10-6-5-7-12-20-36(47)45(53)42-29-38(49)33(4)40(56-42)22-16-21-39-32(3)37(48)28-35(54-39)19-11-8-9-13-24-44(52)57-41/h6,8-13,16,19-21,24-27,30,32-42,45-49,53H,5,7,14-15,17-18,22-23,28-29H2,1-4H3,(H,50,51)/b9-8-,10-6+,19-11+,20-12+,21-16+,24-13-,31-27+/t30-,32-,33-,34+,35+,36-,37-,38+,39+,40-,41-,42-,45+,46-/m1/s1. The van der Waals surface area contributed by atoms with Gasteiger partial charge in [-0.2, -0.15) is 0 Å². The van der Waals surface area contributed by atoms with Gasteiger partial charge >= 0.3 is 11.9 Å². The average Bonchev–Trinajstić information content (AvgIpc) is 3.17. The van der Waals surface area contributed by atoms with Crippen LogP contribution in [0.3, 0.4) is 0 Å². The highest BCUT2D eigenvalue weighted by Gasteiger charge is 2.39. The number of rotatable bonds is 7. The van der Waals surface area contributed by atoms with E-state index in [9.17, 15) is 30.0 Å². The van der Waals surface area contributed by atoms with E-state index in [0.717, 1.165) is 18.4 Å². The van der Waals surface area contributed by atoms with Crippen molar-refractivity contribution < 1.29 is 54.1 Å². The van der Waals surface area contributed by atoms with Crippen molar-refractivity contribution in [1.29, 1.82) is 0 Å². The predicted molar refractivity (Wildman–Crippen MR) is 219 cm³/mol. The number of esters is 1. The van der Waals surface area contributed by atoms with E-state index in [1.165, 1.54) is 6.08 Å². The first-order chi connectivity index (χ1) is 27.3. The van der Waals surface area contributed by atoms with Crippen LogP contribution in [-0.4, -0.2) is 105 Å². The van der Waals surface area contributed by atoms with Crippen molar-refractivity contribution >= 4 is 11.9 Å². The number of aliphatic carboxylic acids is 1. The molecule has 0 aromatic carbocycles. The fourth-order valence-corrected chi connectivity index (χ4v) is 7.69. The minimum atomic E-state index is -1.21. The summed E-state index contributed by atoms with van der Waals surface area (Å²) in [5.41, 5.74) is 0.933. The first kappa shape index (κ1) is 46.3. The summed E-state index contributed by atoms with van der Waals surface area (Å²) in [7, 11) is 0. The first-order valence-corrected chi connectivity index (χ1v) is 20.8. The van der Waals surface area contributed by atoms with Crippen LogP contribution in [0, 0.1) is 17.8 Å². The molecule has 5 aliphatic heterocycles. The molecule has 0 aromatic heterocycles. The van der Waals surface area contributed by atoms with Gasteiger partial charge < -0.3 is 44.5 Å². The van der Waals surface area contributed by atoms with Crippen molar-refractivity contribution in [2.75, 3.05) is 0 Å². The van der Waals surface area contributed by atoms with Gasteiger partial charge in [0.2, 0.25) is 0 Å². The van der Waals surface area contributed by atoms with Crippen molar-refractivity contribution in [3.05, 3.63) is 96.7 Å². The van der Waals surface area contributed by atoms with E-state index in [-0.39, 0.29) is 55.0 Å². The summed E-state index contributed by atoms with van der Waals surface area (Å²) >= 11 is 0. The summed E-state index contributed by atoms with van der Waals surface area (Å²) in [5.74, 6) is -1.44. The largest absolute Gasteiger partial charge is 0.481 e. The summed E-state index contributed by atoms with van der Waals surface area (Å²) in [5, 5.41) is 52.4.